The third-order valence-electron chi connectivity index (χ3n) is 3.55. The second kappa shape index (κ2) is 5.53. The van der Waals surface area contributed by atoms with Crippen molar-refractivity contribution in [1.29, 1.82) is 0 Å². The third kappa shape index (κ3) is 2.91. The van der Waals surface area contributed by atoms with Gasteiger partial charge >= 0.3 is 12.0 Å². The molecular weight excluding hydrogens is 240 g/mol. The molecule has 0 aliphatic heterocycles. The van der Waals surface area contributed by atoms with Gasteiger partial charge in [0.25, 0.3) is 0 Å². The Morgan fingerprint density at radius 3 is 2.50 bits per heavy atom. The first-order valence-electron chi connectivity index (χ1n) is 5.76. The maximum atomic E-state index is 11.6. The molecule has 3 atom stereocenters. The normalized spacial score (nSPS) is 26.9. The van der Waals surface area contributed by atoms with E-state index < -0.39 is 24.6 Å². The van der Waals surface area contributed by atoms with Gasteiger partial charge in [0.15, 0.2) is 6.04 Å². The smallest absolute Gasteiger partial charge is 0.328 e. The van der Waals surface area contributed by atoms with E-state index in [4.69, 9.17) is 14.9 Å². The second-order valence-electron chi connectivity index (χ2n) is 5.03. The lowest BCUT2D eigenvalue weighted by Crippen LogP contribution is -2.64. The van der Waals surface area contributed by atoms with Gasteiger partial charge in [0, 0.05) is 18.6 Å². The quantitative estimate of drug-likeness (QED) is 0.535. The lowest BCUT2D eigenvalue weighted by molar-refractivity contribution is -0.140. The van der Waals surface area contributed by atoms with E-state index in [9.17, 15) is 9.59 Å². The van der Waals surface area contributed by atoms with Crippen molar-refractivity contribution in [3.8, 4) is 0 Å². The first kappa shape index (κ1) is 14.7. The number of aliphatic carboxylic acids is 1. The monoisotopic (exact) mass is 260 g/mol. The summed E-state index contributed by atoms with van der Waals surface area (Å²) in [4.78, 5) is 22.2. The van der Waals surface area contributed by atoms with E-state index in [1.54, 1.807) is 7.11 Å². The van der Waals surface area contributed by atoms with Crippen LogP contribution in [0.3, 0.4) is 0 Å². The summed E-state index contributed by atoms with van der Waals surface area (Å²) >= 11 is 0. The van der Waals surface area contributed by atoms with Gasteiger partial charge in [-0.15, -0.1) is 0 Å². The van der Waals surface area contributed by atoms with Gasteiger partial charge in [0.05, 0.1) is 12.7 Å². The highest BCUT2D eigenvalue weighted by molar-refractivity contribution is 5.82. The Morgan fingerprint density at radius 1 is 1.50 bits per heavy atom. The molecule has 1 saturated carbocycles. The van der Waals surface area contributed by atoms with Gasteiger partial charge in [0.1, 0.15) is 0 Å². The second-order valence-corrected chi connectivity index (χ2v) is 5.03. The molecule has 0 aromatic heterocycles. The Kier molecular flexibility index (Phi) is 4.53. The summed E-state index contributed by atoms with van der Waals surface area (Å²) in [6, 6.07) is -1.95. The number of aliphatic hydroxyl groups is 1. The van der Waals surface area contributed by atoms with Crippen LogP contribution in [-0.2, 0) is 9.53 Å². The van der Waals surface area contributed by atoms with Crippen LogP contribution in [0.25, 0.3) is 0 Å². The van der Waals surface area contributed by atoms with E-state index in [0.29, 0.717) is 6.42 Å². The van der Waals surface area contributed by atoms with Crippen LogP contribution in [0.2, 0.25) is 0 Å². The van der Waals surface area contributed by atoms with Gasteiger partial charge in [0.2, 0.25) is 0 Å². The van der Waals surface area contributed by atoms with E-state index in [1.165, 1.54) is 0 Å². The minimum atomic E-state index is -1.29. The maximum Gasteiger partial charge on any atom is 0.328 e. The van der Waals surface area contributed by atoms with Crippen LogP contribution in [0.1, 0.15) is 20.3 Å². The number of hydrogen-bond donors (Lipinski definition) is 4. The number of carbonyl (C=O) groups excluding carboxylic acids is 1. The Bertz CT molecular complexity index is 331. The number of methoxy groups -OCH3 is 1. The number of carboxylic acid groups (broad SMARTS) is 1. The molecule has 0 aromatic rings. The standard InChI is InChI=1S/C11H20N2O5/c1-11(2)7(4-8(11)18-3)13-10(17)12-6(5-14)9(15)16/h6-8,14H,4-5H2,1-3H3,(H,15,16)(H2,12,13,17)/t6-,7?,8?/m1/s1. The van der Waals surface area contributed by atoms with E-state index in [2.05, 4.69) is 10.6 Å². The highest BCUT2D eigenvalue weighted by Crippen LogP contribution is 2.42. The van der Waals surface area contributed by atoms with Gasteiger partial charge in [-0.3, -0.25) is 0 Å². The molecule has 0 radical (unpaired) electrons. The van der Waals surface area contributed by atoms with Crippen LogP contribution in [0.15, 0.2) is 0 Å². The van der Waals surface area contributed by atoms with Gasteiger partial charge in [-0.05, 0) is 6.42 Å². The number of carbonyl (C=O) groups is 2. The largest absolute Gasteiger partial charge is 0.480 e. The number of rotatable bonds is 5. The fourth-order valence-corrected chi connectivity index (χ4v) is 2.07. The zero-order chi connectivity index (χ0) is 13.9. The number of aliphatic hydroxyl groups excluding tert-OH is 1. The van der Waals surface area contributed by atoms with Crippen LogP contribution in [0.5, 0.6) is 0 Å². The van der Waals surface area contributed by atoms with Crippen LogP contribution >= 0.6 is 0 Å². The summed E-state index contributed by atoms with van der Waals surface area (Å²) in [6.07, 6.45) is 0.768. The van der Waals surface area contributed by atoms with Gasteiger partial charge in [-0.1, -0.05) is 13.8 Å². The van der Waals surface area contributed by atoms with E-state index >= 15 is 0 Å². The molecule has 1 fully saturated rings. The van der Waals surface area contributed by atoms with E-state index in [1.807, 2.05) is 13.8 Å². The summed E-state index contributed by atoms with van der Waals surface area (Å²) in [5.74, 6) is -1.27. The number of nitrogens with one attached hydrogen (secondary N) is 2. The van der Waals surface area contributed by atoms with Gasteiger partial charge in [-0.2, -0.15) is 0 Å². The summed E-state index contributed by atoms with van der Waals surface area (Å²) < 4.78 is 5.25. The van der Waals surface area contributed by atoms with Crippen molar-refractivity contribution in [3.05, 3.63) is 0 Å². The fraction of sp³-hybridized carbons (Fsp3) is 0.818. The molecule has 0 aromatic carbocycles. The van der Waals surface area contributed by atoms with Crippen molar-refractivity contribution in [1.82, 2.24) is 10.6 Å². The van der Waals surface area contributed by atoms with Gasteiger partial charge in [-0.25, -0.2) is 9.59 Å². The van der Waals surface area contributed by atoms with E-state index in [-0.39, 0.29) is 17.6 Å². The summed E-state index contributed by atoms with van der Waals surface area (Å²) in [5.41, 5.74) is -0.190. The average Bonchev–Trinajstić information content (AvgIpc) is 2.30. The number of carboxylic acids is 1. The SMILES string of the molecule is COC1CC(NC(=O)N[C@H](CO)C(=O)O)C1(C)C. The third-order valence-corrected chi connectivity index (χ3v) is 3.55. The Balaban J connectivity index is 2.45. The lowest BCUT2D eigenvalue weighted by Gasteiger charge is -2.51. The number of urea groups is 1. The molecule has 1 aliphatic rings. The molecule has 7 heteroatoms. The zero-order valence-electron chi connectivity index (χ0n) is 10.8. The van der Waals surface area contributed by atoms with Gasteiger partial charge < -0.3 is 25.6 Å². The number of ether oxygens (including phenoxy) is 1. The molecule has 2 amide bonds. The van der Waals surface area contributed by atoms with Crippen molar-refractivity contribution in [2.24, 2.45) is 5.41 Å². The molecule has 7 nitrogen and oxygen atoms in total. The van der Waals surface area contributed by atoms with Crippen LogP contribution < -0.4 is 10.6 Å². The van der Waals surface area contributed by atoms with Crippen LogP contribution in [0, 0.1) is 5.41 Å². The average molecular weight is 260 g/mol. The molecule has 2 unspecified atom stereocenters. The predicted molar refractivity (Wildman–Crippen MR) is 63.2 cm³/mol. The molecule has 0 saturated heterocycles. The minimum absolute atomic E-state index is 0.0735. The number of hydrogen-bond acceptors (Lipinski definition) is 4. The molecule has 0 spiro atoms. The predicted octanol–water partition coefficient (Wildman–Crippen LogP) is -0.455. The highest BCUT2D eigenvalue weighted by atomic mass is 16.5. The molecule has 0 bridgehead atoms. The summed E-state index contributed by atoms with van der Waals surface area (Å²) in [6.45, 7) is 3.30. The first-order chi connectivity index (χ1) is 8.32. The number of amides is 2. The van der Waals surface area contributed by atoms with Crippen molar-refractivity contribution in [2.45, 2.75) is 38.5 Å². The van der Waals surface area contributed by atoms with E-state index in [0.717, 1.165) is 0 Å². The lowest BCUT2D eigenvalue weighted by atomic mass is 9.64. The molecule has 104 valence electrons. The Labute approximate surface area is 106 Å². The van der Waals surface area contributed by atoms with Crippen molar-refractivity contribution in [2.75, 3.05) is 13.7 Å². The topological polar surface area (TPSA) is 108 Å². The molecular formula is C11H20N2O5. The minimum Gasteiger partial charge on any atom is -0.480 e. The summed E-state index contributed by atoms with van der Waals surface area (Å²) in [7, 11) is 1.62. The summed E-state index contributed by atoms with van der Waals surface area (Å²) in [5, 5.41) is 22.4. The molecule has 1 rings (SSSR count). The van der Waals surface area contributed by atoms with Crippen molar-refractivity contribution in [3.63, 3.8) is 0 Å². The molecule has 18 heavy (non-hydrogen) atoms. The fourth-order valence-electron chi connectivity index (χ4n) is 2.07. The van der Waals surface area contributed by atoms with Crippen molar-refractivity contribution < 1.29 is 24.5 Å². The van der Waals surface area contributed by atoms with Crippen molar-refractivity contribution >= 4 is 12.0 Å². The molecule has 4 N–H and O–H groups in total. The van der Waals surface area contributed by atoms with Crippen LogP contribution in [-0.4, -0.2) is 54.1 Å². The Hall–Kier alpha value is -1.34. The Morgan fingerprint density at radius 2 is 2.11 bits per heavy atom. The maximum absolute atomic E-state index is 11.6. The molecule has 0 heterocycles. The van der Waals surface area contributed by atoms with Crippen LogP contribution in [0.4, 0.5) is 4.79 Å². The molecule has 1 aliphatic carbocycles. The highest BCUT2D eigenvalue weighted by Gasteiger charge is 2.49. The zero-order valence-corrected chi connectivity index (χ0v) is 10.8. The first-order valence-corrected chi connectivity index (χ1v) is 5.76.